The van der Waals surface area contributed by atoms with E-state index in [9.17, 15) is 8.42 Å². The molecule has 3 rings (SSSR count). The summed E-state index contributed by atoms with van der Waals surface area (Å²) in [5.41, 5.74) is 1.60. The van der Waals surface area contributed by atoms with Crippen LogP contribution in [0.4, 0.5) is 0 Å². The Balaban J connectivity index is 1.70. The van der Waals surface area contributed by atoms with Crippen LogP contribution in [-0.4, -0.2) is 37.0 Å². The summed E-state index contributed by atoms with van der Waals surface area (Å²) in [4.78, 5) is 4.41. The summed E-state index contributed by atoms with van der Waals surface area (Å²) in [5.74, 6) is 1.69. The fourth-order valence-corrected chi connectivity index (χ4v) is 3.26. The molecule has 0 aliphatic rings. The third kappa shape index (κ3) is 3.92. The summed E-state index contributed by atoms with van der Waals surface area (Å²) < 4.78 is 36.3. The first-order valence-corrected chi connectivity index (χ1v) is 9.35. The van der Waals surface area contributed by atoms with Gasteiger partial charge in [-0.05, 0) is 42.0 Å². The Hall–Kier alpha value is -2.71. The van der Waals surface area contributed by atoms with Gasteiger partial charge in [-0.3, -0.25) is 0 Å². The molecule has 0 bridgehead atoms. The summed E-state index contributed by atoms with van der Waals surface area (Å²) in [5, 5.41) is 3.87. The van der Waals surface area contributed by atoms with E-state index in [1.165, 1.54) is 18.4 Å². The van der Waals surface area contributed by atoms with Gasteiger partial charge in [-0.25, -0.2) is 12.7 Å². The second-order valence-corrected chi connectivity index (χ2v) is 8.04. The normalized spacial score (nSPS) is 11.7. The smallest absolute Gasteiger partial charge is 0.242 e. The molecule has 136 valence electrons. The van der Waals surface area contributed by atoms with Crippen LogP contribution in [0.25, 0.3) is 11.4 Å². The summed E-state index contributed by atoms with van der Waals surface area (Å²) in [6.07, 6.45) is 0. The maximum atomic E-state index is 12.2. The zero-order chi connectivity index (χ0) is 18.7. The fraction of sp³-hybridized carbons (Fsp3) is 0.222. The first-order chi connectivity index (χ1) is 12.4. The molecular weight excluding hydrogens is 354 g/mol. The number of rotatable bonds is 6. The van der Waals surface area contributed by atoms with Crippen LogP contribution in [0.5, 0.6) is 5.75 Å². The topological polar surface area (TPSA) is 85.5 Å². The van der Waals surface area contributed by atoms with Crippen LogP contribution in [0.3, 0.4) is 0 Å². The minimum Gasteiger partial charge on any atom is -0.489 e. The van der Waals surface area contributed by atoms with Crippen molar-refractivity contribution in [2.45, 2.75) is 18.4 Å². The largest absolute Gasteiger partial charge is 0.489 e. The molecule has 0 saturated carbocycles. The second kappa shape index (κ2) is 7.27. The number of nitrogens with zero attached hydrogens (tertiary/aromatic N) is 3. The highest BCUT2D eigenvalue weighted by Gasteiger charge is 2.17. The van der Waals surface area contributed by atoms with Gasteiger partial charge in [0.15, 0.2) is 0 Å². The molecule has 0 N–H and O–H groups in total. The number of aromatic nitrogens is 2. The van der Waals surface area contributed by atoms with Crippen LogP contribution in [0.2, 0.25) is 0 Å². The van der Waals surface area contributed by atoms with E-state index in [2.05, 4.69) is 10.1 Å². The van der Waals surface area contributed by atoms with Gasteiger partial charge in [0.05, 0.1) is 4.90 Å². The third-order valence-corrected chi connectivity index (χ3v) is 5.53. The van der Waals surface area contributed by atoms with E-state index in [1.54, 1.807) is 37.3 Å². The number of hydrogen-bond donors (Lipinski definition) is 0. The molecule has 0 saturated heterocycles. The summed E-state index contributed by atoms with van der Waals surface area (Å²) >= 11 is 0. The minimum absolute atomic E-state index is 0.242. The molecule has 8 heteroatoms. The van der Waals surface area contributed by atoms with Crippen LogP contribution >= 0.6 is 0 Å². The Bertz CT molecular complexity index is 995. The van der Waals surface area contributed by atoms with Crippen molar-refractivity contribution in [3.63, 3.8) is 0 Å². The number of benzene rings is 2. The molecule has 0 aliphatic carbocycles. The molecule has 2 aromatic carbocycles. The van der Waals surface area contributed by atoms with Gasteiger partial charge in [0.2, 0.25) is 21.7 Å². The molecule has 0 spiro atoms. The van der Waals surface area contributed by atoms with Gasteiger partial charge in [-0.1, -0.05) is 17.3 Å². The average Bonchev–Trinajstić information content (AvgIpc) is 3.07. The Kier molecular flexibility index (Phi) is 5.06. The van der Waals surface area contributed by atoms with E-state index in [-0.39, 0.29) is 11.5 Å². The van der Waals surface area contributed by atoms with Crippen LogP contribution in [0, 0.1) is 6.92 Å². The van der Waals surface area contributed by atoms with Crippen LogP contribution < -0.4 is 4.74 Å². The van der Waals surface area contributed by atoms with E-state index in [0.29, 0.717) is 17.5 Å². The summed E-state index contributed by atoms with van der Waals surface area (Å²) in [7, 11) is -0.451. The monoisotopic (exact) mass is 373 g/mol. The van der Waals surface area contributed by atoms with E-state index in [0.717, 1.165) is 11.1 Å². The van der Waals surface area contributed by atoms with Crippen LogP contribution in [-0.2, 0) is 16.6 Å². The van der Waals surface area contributed by atoms with Gasteiger partial charge in [0.1, 0.15) is 12.4 Å². The summed E-state index contributed by atoms with van der Waals surface area (Å²) in [6.45, 7) is 2.00. The van der Waals surface area contributed by atoms with Crippen molar-refractivity contribution < 1.29 is 17.7 Å². The van der Waals surface area contributed by atoms with E-state index in [4.69, 9.17) is 9.26 Å². The van der Waals surface area contributed by atoms with Crippen molar-refractivity contribution in [1.82, 2.24) is 14.4 Å². The Morgan fingerprint density at radius 1 is 1.12 bits per heavy atom. The Labute approximate surface area is 152 Å². The van der Waals surface area contributed by atoms with Crippen molar-refractivity contribution in [3.05, 3.63) is 60.0 Å². The lowest BCUT2D eigenvalue weighted by Crippen LogP contribution is -2.22. The van der Waals surface area contributed by atoms with Gasteiger partial charge in [0, 0.05) is 26.6 Å². The second-order valence-electron chi connectivity index (χ2n) is 5.88. The van der Waals surface area contributed by atoms with Gasteiger partial charge >= 0.3 is 0 Å². The van der Waals surface area contributed by atoms with Crippen molar-refractivity contribution in [2.24, 2.45) is 0 Å². The molecule has 1 aromatic heterocycles. The molecule has 0 aliphatic heterocycles. The minimum atomic E-state index is -3.46. The maximum Gasteiger partial charge on any atom is 0.242 e. The lowest BCUT2D eigenvalue weighted by atomic mass is 10.2. The first-order valence-electron chi connectivity index (χ1n) is 7.91. The van der Waals surface area contributed by atoms with Gasteiger partial charge in [0.25, 0.3) is 0 Å². The molecular formula is C18H19N3O4S. The van der Waals surface area contributed by atoms with Crippen molar-refractivity contribution in [3.8, 4) is 17.1 Å². The molecule has 3 aromatic rings. The zero-order valence-corrected chi connectivity index (χ0v) is 15.5. The number of aryl methyl sites for hydroxylation is 1. The maximum absolute atomic E-state index is 12.2. The van der Waals surface area contributed by atoms with Gasteiger partial charge in [-0.15, -0.1) is 0 Å². The number of hydrogen-bond acceptors (Lipinski definition) is 6. The standard InChI is InChI=1S/C18H19N3O4S/c1-13-19-18(20-25-13)15-7-9-16(10-8-15)24-12-14-5-4-6-17(11-14)26(22,23)21(2)3/h4-11H,12H2,1-3H3. The third-order valence-electron chi connectivity index (χ3n) is 3.72. The average molecular weight is 373 g/mol. The lowest BCUT2D eigenvalue weighted by Gasteiger charge is -2.12. The quantitative estimate of drug-likeness (QED) is 0.660. The molecule has 7 nitrogen and oxygen atoms in total. The SMILES string of the molecule is Cc1nc(-c2ccc(OCc3cccc(S(=O)(=O)N(C)C)c3)cc2)no1. The predicted molar refractivity (Wildman–Crippen MR) is 96.1 cm³/mol. The van der Waals surface area contributed by atoms with Crippen molar-refractivity contribution >= 4 is 10.0 Å². The van der Waals surface area contributed by atoms with Gasteiger partial charge < -0.3 is 9.26 Å². The molecule has 0 fully saturated rings. The van der Waals surface area contributed by atoms with Crippen LogP contribution in [0.15, 0.2) is 57.9 Å². The van der Waals surface area contributed by atoms with E-state index < -0.39 is 10.0 Å². The molecule has 0 unspecified atom stereocenters. The predicted octanol–water partition coefficient (Wildman–Crippen LogP) is 2.87. The molecule has 1 heterocycles. The number of sulfonamides is 1. The Morgan fingerprint density at radius 2 is 1.85 bits per heavy atom. The Morgan fingerprint density at radius 3 is 2.46 bits per heavy atom. The highest BCUT2D eigenvalue weighted by Crippen LogP contribution is 2.21. The number of ether oxygens (including phenoxy) is 1. The van der Waals surface area contributed by atoms with Crippen LogP contribution in [0.1, 0.15) is 11.5 Å². The van der Waals surface area contributed by atoms with Crippen molar-refractivity contribution in [1.29, 1.82) is 0 Å². The zero-order valence-electron chi connectivity index (χ0n) is 14.7. The molecule has 0 radical (unpaired) electrons. The van der Waals surface area contributed by atoms with Gasteiger partial charge in [-0.2, -0.15) is 4.98 Å². The first kappa shape index (κ1) is 18.1. The van der Waals surface area contributed by atoms with E-state index in [1.807, 2.05) is 18.2 Å². The lowest BCUT2D eigenvalue weighted by molar-refractivity contribution is 0.306. The van der Waals surface area contributed by atoms with E-state index >= 15 is 0 Å². The summed E-state index contributed by atoms with van der Waals surface area (Å²) in [6, 6.07) is 14.0. The molecule has 0 atom stereocenters. The highest BCUT2D eigenvalue weighted by atomic mass is 32.2. The highest BCUT2D eigenvalue weighted by molar-refractivity contribution is 7.89. The fourth-order valence-electron chi connectivity index (χ4n) is 2.29. The van der Waals surface area contributed by atoms with Crippen molar-refractivity contribution in [2.75, 3.05) is 14.1 Å². The molecule has 0 amide bonds. The molecule has 26 heavy (non-hydrogen) atoms.